The van der Waals surface area contributed by atoms with E-state index >= 15 is 0 Å². The van der Waals surface area contributed by atoms with Crippen molar-refractivity contribution in [1.29, 1.82) is 0 Å². The molecule has 1 saturated heterocycles. The predicted octanol–water partition coefficient (Wildman–Crippen LogP) is 3.74. The first-order valence-electron chi connectivity index (χ1n) is 8.07. The summed E-state index contributed by atoms with van der Waals surface area (Å²) < 4.78 is 20.5. The highest BCUT2D eigenvalue weighted by atomic mass is 19.1. The van der Waals surface area contributed by atoms with Crippen LogP contribution >= 0.6 is 0 Å². The molecule has 0 N–H and O–H groups in total. The number of hydrogen-bond donors (Lipinski definition) is 0. The third kappa shape index (κ3) is 2.71. The summed E-state index contributed by atoms with van der Waals surface area (Å²) in [6.07, 6.45) is 1.46. The molecule has 0 spiro atoms. The fourth-order valence-corrected chi connectivity index (χ4v) is 3.27. The van der Waals surface area contributed by atoms with Crippen LogP contribution in [0.4, 0.5) is 10.2 Å². The van der Waals surface area contributed by atoms with Gasteiger partial charge in [0.15, 0.2) is 0 Å². The molecule has 2 aromatic carbocycles. The summed E-state index contributed by atoms with van der Waals surface area (Å²) >= 11 is 0. The minimum Gasteiger partial charge on any atom is -0.367 e. The molecular formula is C19H18FN3O. The maximum atomic E-state index is 14.4. The number of aromatic nitrogens is 2. The second-order valence-electron chi connectivity index (χ2n) is 6.08. The SMILES string of the molecule is C[C@H]1CN(c2ncnc3cccc(F)c23)C[C@H](c2ccccc2)O1. The minimum absolute atomic E-state index is 0.0285. The van der Waals surface area contributed by atoms with Crippen LogP contribution < -0.4 is 4.90 Å². The van der Waals surface area contributed by atoms with Crippen LogP contribution in [0.15, 0.2) is 54.9 Å². The number of fused-ring (bicyclic) bond motifs is 1. The third-order valence-electron chi connectivity index (χ3n) is 4.32. The van der Waals surface area contributed by atoms with E-state index in [9.17, 15) is 4.39 Å². The monoisotopic (exact) mass is 323 g/mol. The summed E-state index contributed by atoms with van der Waals surface area (Å²) in [5.41, 5.74) is 1.74. The maximum Gasteiger partial charge on any atom is 0.143 e. The van der Waals surface area contributed by atoms with Gasteiger partial charge in [-0.2, -0.15) is 0 Å². The molecule has 0 radical (unpaired) electrons. The lowest BCUT2D eigenvalue weighted by Gasteiger charge is -2.38. The largest absolute Gasteiger partial charge is 0.367 e. The molecule has 4 nitrogen and oxygen atoms in total. The Labute approximate surface area is 139 Å². The van der Waals surface area contributed by atoms with Gasteiger partial charge in [0, 0.05) is 13.1 Å². The van der Waals surface area contributed by atoms with Crippen molar-refractivity contribution in [2.45, 2.75) is 19.1 Å². The van der Waals surface area contributed by atoms with Gasteiger partial charge in [0.2, 0.25) is 0 Å². The molecule has 0 saturated carbocycles. The summed E-state index contributed by atoms with van der Waals surface area (Å²) in [5, 5.41) is 0.473. The number of rotatable bonds is 2. The van der Waals surface area contributed by atoms with Gasteiger partial charge in [-0.25, -0.2) is 14.4 Å². The van der Waals surface area contributed by atoms with E-state index in [1.165, 1.54) is 12.4 Å². The Balaban J connectivity index is 1.74. The zero-order chi connectivity index (χ0) is 16.5. The van der Waals surface area contributed by atoms with Crippen LogP contribution in [0.3, 0.4) is 0 Å². The number of morpholine rings is 1. The van der Waals surface area contributed by atoms with E-state index in [4.69, 9.17) is 4.74 Å². The second-order valence-corrected chi connectivity index (χ2v) is 6.08. The Bertz CT molecular complexity index is 850. The Hall–Kier alpha value is -2.53. The zero-order valence-corrected chi connectivity index (χ0v) is 13.4. The van der Waals surface area contributed by atoms with Crippen LogP contribution in [0.2, 0.25) is 0 Å². The summed E-state index contributed by atoms with van der Waals surface area (Å²) in [4.78, 5) is 10.7. The number of benzene rings is 2. The van der Waals surface area contributed by atoms with E-state index in [1.807, 2.05) is 31.2 Å². The molecule has 2 heterocycles. The summed E-state index contributed by atoms with van der Waals surface area (Å²) in [6, 6.07) is 15.0. The molecular weight excluding hydrogens is 305 g/mol. The maximum absolute atomic E-state index is 14.4. The predicted molar refractivity (Wildman–Crippen MR) is 91.4 cm³/mol. The van der Waals surface area contributed by atoms with Gasteiger partial charge in [-0.1, -0.05) is 36.4 Å². The van der Waals surface area contributed by atoms with Crippen molar-refractivity contribution in [3.63, 3.8) is 0 Å². The highest BCUT2D eigenvalue weighted by Gasteiger charge is 2.28. The van der Waals surface area contributed by atoms with E-state index in [2.05, 4.69) is 27.0 Å². The van der Waals surface area contributed by atoms with E-state index in [1.54, 1.807) is 6.07 Å². The Morgan fingerprint density at radius 2 is 1.88 bits per heavy atom. The van der Waals surface area contributed by atoms with E-state index in [0.717, 1.165) is 5.56 Å². The van der Waals surface area contributed by atoms with Crippen LogP contribution in [0.5, 0.6) is 0 Å². The molecule has 1 aliphatic heterocycles. The van der Waals surface area contributed by atoms with Crippen LogP contribution in [-0.2, 0) is 4.74 Å². The average molecular weight is 323 g/mol. The van der Waals surface area contributed by atoms with Crippen molar-refractivity contribution >= 4 is 16.7 Å². The molecule has 4 rings (SSSR count). The van der Waals surface area contributed by atoms with E-state index in [0.29, 0.717) is 29.8 Å². The zero-order valence-electron chi connectivity index (χ0n) is 13.4. The Morgan fingerprint density at radius 3 is 2.71 bits per heavy atom. The molecule has 2 atom stereocenters. The molecule has 0 amide bonds. The highest BCUT2D eigenvalue weighted by Crippen LogP contribution is 2.31. The lowest BCUT2D eigenvalue weighted by molar-refractivity contribution is -0.0175. The standard InChI is InChI=1S/C19H18FN3O/c1-13-10-23(11-17(24-13)14-6-3-2-4-7-14)19-18-15(20)8-5-9-16(18)21-12-22-19/h2-9,12-13,17H,10-11H2,1H3/t13-,17+/m0/s1. The average Bonchev–Trinajstić information content (AvgIpc) is 2.62. The van der Waals surface area contributed by atoms with Crippen LogP contribution in [0.25, 0.3) is 10.9 Å². The Morgan fingerprint density at radius 1 is 1.04 bits per heavy atom. The first-order chi connectivity index (χ1) is 11.7. The van der Waals surface area contributed by atoms with Gasteiger partial charge in [0.1, 0.15) is 24.1 Å². The van der Waals surface area contributed by atoms with Crippen molar-refractivity contribution in [2.75, 3.05) is 18.0 Å². The van der Waals surface area contributed by atoms with Crippen molar-refractivity contribution in [3.05, 3.63) is 66.2 Å². The minimum atomic E-state index is -0.293. The number of hydrogen-bond acceptors (Lipinski definition) is 4. The molecule has 1 fully saturated rings. The lowest BCUT2D eigenvalue weighted by Crippen LogP contribution is -2.43. The third-order valence-corrected chi connectivity index (χ3v) is 4.32. The van der Waals surface area contributed by atoms with Crippen molar-refractivity contribution in [1.82, 2.24) is 9.97 Å². The van der Waals surface area contributed by atoms with Crippen molar-refractivity contribution in [3.8, 4) is 0 Å². The van der Waals surface area contributed by atoms with Crippen LogP contribution in [-0.4, -0.2) is 29.2 Å². The molecule has 3 aromatic rings. The number of ether oxygens (including phenoxy) is 1. The molecule has 1 aliphatic rings. The Kier molecular flexibility index (Phi) is 3.86. The first-order valence-corrected chi connectivity index (χ1v) is 8.07. The molecule has 1 aromatic heterocycles. The van der Waals surface area contributed by atoms with Crippen molar-refractivity contribution in [2.24, 2.45) is 0 Å². The first kappa shape index (κ1) is 15.0. The topological polar surface area (TPSA) is 38.2 Å². The molecule has 122 valence electrons. The van der Waals surface area contributed by atoms with Gasteiger partial charge in [-0.05, 0) is 24.6 Å². The molecule has 0 unspecified atom stereocenters. The van der Waals surface area contributed by atoms with Crippen LogP contribution in [0.1, 0.15) is 18.6 Å². The van der Waals surface area contributed by atoms with Gasteiger partial charge >= 0.3 is 0 Å². The summed E-state index contributed by atoms with van der Waals surface area (Å²) in [5.74, 6) is 0.340. The van der Waals surface area contributed by atoms with Gasteiger partial charge in [-0.15, -0.1) is 0 Å². The van der Waals surface area contributed by atoms with E-state index < -0.39 is 0 Å². The quantitative estimate of drug-likeness (QED) is 0.720. The molecule has 24 heavy (non-hydrogen) atoms. The van der Waals surface area contributed by atoms with E-state index in [-0.39, 0.29) is 18.0 Å². The highest BCUT2D eigenvalue weighted by molar-refractivity contribution is 5.89. The molecule has 0 aliphatic carbocycles. The van der Waals surface area contributed by atoms with Gasteiger partial charge < -0.3 is 9.64 Å². The second kappa shape index (κ2) is 6.17. The van der Waals surface area contributed by atoms with Gasteiger partial charge in [0.05, 0.1) is 17.0 Å². The van der Waals surface area contributed by atoms with Gasteiger partial charge in [0.25, 0.3) is 0 Å². The van der Waals surface area contributed by atoms with Crippen LogP contribution in [0, 0.1) is 5.82 Å². The van der Waals surface area contributed by atoms with Crippen molar-refractivity contribution < 1.29 is 9.13 Å². The lowest BCUT2D eigenvalue weighted by atomic mass is 10.1. The molecule has 5 heteroatoms. The fourth-order valence-electron chi connectivity index (χ4n) is 3.27. The molecule has 0 bridgehead atoms. The summed E-state index contributed by atoms with van der Waals surface area (Å²) in [6.45, 7) is 3.33. The number of anilines is 1. The smallest absolute Gasteiger partial charge is 0.143 e. The fraction of sp³-hybridized carbons (Fsp3) is 0.263. The normalized spacial score (nSPS) is 21.2. The van der Waals surface area contributed by atoms with Gasteiger partial charge in [-0.3, -0.25) is 0 Å². The number of nitrogens with zero attached hydrogens (tertiary/aromatic N) is 3. The number of halogens is 1. The summed E-state index contributed by atoms with van der Waals surface area (Å²) in [7, 11) is 0.